The van der Waals surface area contributed by atoms with Crippen molar-refractivity contribution in [2.45, 2.75) is 6.92 Å². The lowest BCUT2D eigenvalue weighted by molar-refractivity contribution is 0.0600. The fourth-order valence-corrected chi connectivity index (χ4v) is 4.23. The predicted molar refractivity (Wildman–Crippen MR) is 128 cm³/mol. The van der Waals surface area contributed by atoms with E-state index in [2.05, 4.69) is 14.8 Å². The smallest absolute Gasteiger partial charge is 0.337 e. The molecule has 0 amide bonds. The second-order valence-electron chi connectivity index (χ2n) is 7.75. The standard InChI is InChI=1S/C26H17ClFN3O4/c1-14-4-3-5-19(27)22(14)25(32)31-21-13-15(24-29-10-11-35-24)6-9-18(21)23(30-31)17-8-7-16(12-20(17)28)26(33)34-2/h3-13H,1-2H3. The zero-order valence-corrected chi connectivity index (χ0v) is 19.3. The summed E-state index contributed by atoms with van der Waals surface area (Å²) in [6.45, 7) is 1.77. The van der Waals surface area contributed by atoms with E-state index in [1.54, 1.807) is 43.3 Å². The molecule has 7 nitrogen and oxygen atoms in total. The maximum atomic E-state index is 15.1. The Labute approximate surface area is 203 Å². The van der Waals surface area contributed by atoms with Crippen molar-refractivity contribution in [2.75, 3.05) is 7.11 Å². The Balaban J connectivity index is 1.75. The zero-order valence-electron chi connectivity index (χ0n) is 18.6. The minimum absolute atomic E-state index is 0.0615. The van der Waals surface area contributed by atoms with Crippen molar-refractivity contribution in [2.24, 2.45) is 0 Å². The summed E-state index contributed by atoms with van der Waals surface area (Å²) in [5, 5.41) is 5.29. The number of rotatable bonds is 4. The van der Waals surface area contributed by atoms with Crippen LogP contribution in [-0.2, 0) is 4.74 Å². The Morgan fingerprint density at radius 1 is 1.11 bits per heavy atom. The number of esters is 1. The molecular formula is C26H17ClFN3O4. The number of halogens is 2. The van der Waals surface area contributed by atoms with E-state index < -0.39 is 17.7 Å². The summed E-state index contributed by atoms with van der Waals surface area (Å²) in [5.74, 6) is -1.46. The number of benzene rings is 3. The van der Waals surface area contributed by atoms with Gasteiger partial charge in [0, 0.05) is 16.5 Å². The largest absolute Gasteiger partial charge is 0.465 e. The molecule has 0 bridgehead atoms. The first-order valence-corrected chi connectivity index (χ1v) is 10.9. The van der Waals surface area contributed by atoms with Crippen molar-refractivity contribution >= 4 is 34.4 Å². The summed E-state index contributed by atoms with van der Waals surface area (Å²) in [7, 11) is 1.22. The molecule has 2 heterocycles. The summed E-state index contributed by atoms with van der Waals surface area (Å²) in [6, 6.07) is 14.3. The first-order valence-electron chi connectivity index (χ1n) is 10.5. The quantitative estimate of drug-likeness (QED) is 0.290. The zero-order chi connectivity index (χ0) is 24.7. The van der Waals surface area contributed by atoms with Crippen LogP contribution in [0.3, 0.4) is 0 Å². The van der Waals surface area contributed by atoms with E-state index in [0.29, 0.717) is 27.9 Å². The van der Waals surface area contributed by atoms with Gasteiger partial charge in [-0.05, 0) is 55.0 Å². The predicted octanol–water partition coefficient (Wildman–Crippen LogP) is 5.93. The summed E-state index contributed by atoms with van der Waals surface area (Å²) >= 11 is 6.36. The minimum Gasteiger partial charge on any atom is -0.465 e. The first-order chi connectivity index (χ1) is 16.9. The van der Waals surface area contributed by atoms with E-state index in [-0.39, 0.29) is 27.4 Å². The van der Waals surface area contributed by atoms with Crippen molar-refractivity contribution < 1.29 is 23.1 Å². The number of fused-ring (bicyclic) bond motifs is 1. The maximum absolute atomic E-state index is 15.1. The molecule has 0 atom stereocenters. The number of nitrogens with zero attached hydrogens (tertiary/aromatic N) is 3. The van der Waals surface area contributed by atoms with Gasteiger partial charge in [0.2, 0.25) is 5.89 Å². The number of aryl methyl sites for hydroxylation is 1. The van der Waals surface area contributed by atoms with Crippen LogP contribution >= 0.6 is 11.6 Å². The number of aromatic nitrogens is 3. The molecule has 0 unspecified atom stereocenters. The number of oxazole rings is 1. The molecule has 35 heavy (non-hydrogen) atoms. The van der Waals surface area contributed by atoms with Crippen LogP contribution in [0.1, 0.15) is 26.3 Å². The Bertz CT molecular complexity index is 1590. The second-order valence-corrected chi connectivity index (χ2v) is 8.16. The number of hydrogen-bond acceptors (Lipinski definition) is 6. The molecular weight excluding hydrogens is 473 g/mol. The van der Waals surface area contributed by atoms with Crippen molar-refractivity contribution in [1.29, 1.82) is 0 Å². The van der Waals surface area contributed by atoms with Crippen LogP contribution in [0, 0.1) is 12.7 Å². The third kappa shape index (κ3) is 3.87. The highest BCUT2D eigenvalue weighted by molar-refractivity contribution is 6.34. The highest BCUT2D eigenvalue weighted by Gasteiger charge is 2.24. The molecule has 0 aliphatic heterocycles. The van der Waals surface area contributed by atoms with Gasteiger partial charge in [-0.3, -0.25) is 4.79 Å². The van der Waals surface area contributed by atoms with Gasteiger partial charge in [0.15, 0.2) is 0 Å². The van der Waals surface area contributed by atoms with Gasteiger partial charge >= 0.3 is 5.97 Å². The first kappa shape index (κ1) is 22.5. The van der Waals surface area contributed by atoms with E-state index in [9.17, 15) is 9.59 Å². The topological polar surface area (TPSA) is 87.2 Å². The van der Waals surface area contributed by atoms with Crippen LogP contribution in [0.15, 0.2) is 71.5 Å². The fourth-order valence-electron chi connectivity index (χ4n) is 3.93. The molecule has 0 fully saturated rings. The van der Waals surface area contributed by atoms with Crippen LogP contribution in [0.4, 0.5) is 4.39 Å². The van der Waals surface area contributed by atoms with Gasteiger partial charge in [-0.2, -0.15) is 9.78 Å². The fraction of sp³-hybridized carbons (Fsp3) is 0.0769. The molecule has 0 spiro atoms. The van der Waals surface area contributed by atoms with E-state index in [1.165, 1.54) is 36.4 Å². The van der Waals surface area contributed by atoms with E-state index in [4.69, 9.17) is 16.0 Å². The van der Waals surface area contributed by atoms with Gasteiger partial charge in [0.05, 0.1) is 35.0 Å². The van der Waals surface area contributed by atoms with E-state index in [0.717, 1.165) is 6.07 Å². The molecule has 0 N–H and O–H groups in total. The number of ether oxygens (including phenoxy) is 1. The molecule has 0 radical (unpaired) electrons. The Morgan fingerprint density at radius 2 is 1.94 bits per heavy atom. The highest BCUT2D eigenvalue weighted by atomic mass is 35.5. The Morgan fingerprint density at radius 3 is 2.63 bits per heavy atom. The average molecular weight is 490 g/mol. The molecule has 3 aromatic carbocycles. The van der Waals surface area contributed by atoms with Crippen LogP contribution in [0.25, 0.3) is 33.6 Å². The van der Waals surface area contributed by atoms with Crippen molar-refractivity contribution in [3.63, 3.8) is 0 Å². The monoisotopic (exact) mass is 489 g/mol. The lowest BCUT2D eigenvalue weighted by Crippen LogP contribution is -2.15. The second kappa shape index (κ2) is 8.81. The summed E-state index contributed by atoms with van der Waals surface area (Å²) in [5.41, 5.74) is 2.39. The number of carbonyl (C=O) groups excluding carboxylic acids is 2. The lowest BCUT2D eigenvalue weighted by atomic mass is 10.0. The minimum atomic E-state index is -0.683. The van der Waals surface area contributed by atoms with Crippen LogP contribution in [0.2, 0.25) is 5.02 Å². The normalized spacial score (nSPS) is 11.1. The molecule has 5 aromatic rings. The lowest BCUT2D eigenvalue weighted by Gasteiger charge is -2.08. The SMILES string of the molecule is COC(=O)c1ccc(-c2nn(C(=O)c3c(C)cccc3Cl)c3cc(-c4ncco4)ccc23)c(F)c1. The van der Waals surface area contributed by atoms with E-state index >= 15 is 4.39 Å². The van der Waals surface area contributed by atoms with Gasteiger partial charge in [-0.25, -0.2) is 14.2 Å². The van der Waals surface area contributed by atoms with Crippen LogP contribution in [-0.4, -0.2) is 33.8 Å². The van der Waals surface area contributed by atoms with E-state index in [1.807, 2.05) is 0 Å². The Kier molecular flexibility index (Phi) is 5.66. The van der Waals surface area contributed by atoms with Gasteiger partial charge in [0.25, 0.3) is 5.91 Å². The molecule has 0 aliphatic rings. The Hall–Kier alpha value is -4.30. The number of carbonyl (C=O) groups is 2. The average Bonchev–Trinajstić information content (AvgIpc) is 3.51. The highest BCUT2D eigenvalue weighted by Crippen LogP contribution is 2.34. The van der Waals surface area contributed by atoms with Crippen molar-refractivity contribution in [3.05, 3.63) is 94.6 Å². The van der Waals surface area contributed by atoms with Crippen molar-refractivity contribution in [3.8, 4) is 22.7 Å². The summed E-state index contributed by atoms with van der Waals surface area (Å²) in [4.78, 5) is 29.6. The molecule has 0 aliphatic carbocycles. The third-order valence-corrected chi connectivity index (χ3v) is 5.95. The van der Waals surface area contributed by atoms with Gasteiger partial charge in [-0.15, -0.1) is 0 Å². The van der Waals surface area contributed by atoms with Gasteiger partial charge in [0.1, 0.15) is 17.8 Å². The number of methoxy groups -OCH3 is 1. The molecule has 9 heteroatoms. The third-order valence-electron chi connectivity index (χ3n) is 5.63. The van der Waals surface area contributed by atoms with Crippen LogP contribution < -0.4 is 0 Å². The maximum Gasteiger partial charge on any atom is 0.337 e. The van der Waals surface area contributed by atoms with Gasteiger partial charge in [-0.1, -0.05) is 23.7 Å². The molecule has 0 saturated carbocycles. The van der Waals surface area contributed by atoms with Gasteiger partial charge < -0.3 is 9.15 Å². The molecule has 0 saturated heterocycles. The van der Waals surface area contributed by atoms with Crippen LogP contribution in [0.5, 0.6) is 0 Å². The molecule has 5 rings (SSSR count). The summed E-state index contributed by atoms with van der Waals surface area (Å²) < 4.78 is 26.4. The molecule has 174 valence electrons. The van der Waals surface area contributed by atoms with Crippen molar-refractivity contribution in [1.82, 2.24) is 14.8 Å². The summed E-state index contributed by atoms with van der Waals surface area (Å²) in [6.07, 6.45) is 2.96. The number of hydrogen-bond donors (Lipinski definition) is 0. The molecule has 2 aromatic heterocycles.